The predicted octanol–water partition coefficient (Wildman–Crippen LogP) is 1.59. The van der Waals surface area contributed by atoms with E-state index >= 15 is 0 Å². The molecule has 0 amide bonds. The van der Waals surface area contributed by atoms with Crippen molar-refractivity contribution in [2.24, 2.45) is 0 Å². The molecule has 1 aromatic rings. The first-order chi connectivity index (χ1) is 7.25. The van der Waals surface area contributed by atoms with Gasteiger partial charge in [-0.2, -0.15) is 0 Å². The molecule has 0 aliphatic carbocycles. The number of carbonyl (C=O) groups excluding carboxylic acids is 1. The first kappa shape index (κ1) is 10.3. The molecule has 1 fully saturated rings. The summed E-state index contributed by atoms with van der Waals surface area (Å²) >= 11 is 0. The van der Waals surface area contributed by atoms with Crippen LogP contribution < -0.4 is 0 Å². The number of hydrogen-bond acceptors (Lipinski definition) is 3. The molecule has 1 heterocycles. The number of benzene rings is 1. The summed E-state index contributed by atoms with van der Waals surface area (Å²) in [6.07, 6.45) is 0.111. The minimum absolute atomic E-state index is 0.0295. The molecule has 0 bridgehead atoms. The number of rotatable bonds is 4. The topological polar surface area (TPSA) is 35.5 Å². The van der Waals surface area contributed by atoms with E-state index in [9.17, 15) is 4.79 Å². The summed E-state index contributed by atoms with van der Waals surface area (Å²) in [7, 11) is 0. The molecule has 0 atom stereocenters. The number of ketones is 1. The lowest BCUT2D eigenvalue weighted by atomic mass is 10.1. The number of ether oxygens (including phenoxy) is 2. The van der Waals surface area contributed by atoms with Gasteiger partial charge in [-0.15, -0.1) is 0 Å². The van der Waals surface area contributed by atoms with E-state index in [2.05, 4.69) is 0 Å². The van der Waals surface area contributed by atoms with Gasteiger partial charge in [0.05, 0.1) is 13.2 Å². The van der Waals surface area contributed by atoms with Gasteiger partial charge < -0.3 is 9.47 Å². The van der Waals surface area contributed by atoms with Gasteiger partial charge >= 0.3 is 0 Å². The Morgan fingerprint density at radius 2 is 2.07 bits per heavy atom. The zero-order valence-corrected chi connectivity index (χ0v) is 8.73. The maximum atomic E-state index is 11.6. The van der Waals surface area contributed by atoms with Crippen LogP contribution in [0.3, 0.4) is 0 Å². The van der Waals surface area contributed by atoms with Crippen molar-refractivity contribution in [3.63, 3.8) is 0 Å². The van der Waals surface area contributed by atoms with Gasteiger partial charge in [0.1, 0.15) is 12.7 Å². The average molecular weight is 206 g/mol. The maximum absolute atomic E-state index is 11.6. The minimum atomic E-state index is 0.0295. The molecule has 3 nitrogen and oxygen atoms in total. The molecule has 0 spiro atoms. The van der Waals surface area contributed by atoms with Crippen LogP contribution in [0, 0.1) is 6.92 Å². The molecule has 0 radical (unpaired) electrons. The average Bonchev–Trinajstić information content (AvgIpc) is 2.16. The Morgan fingerprint density at radius 1 is 1.40 bits per heavy atom. The highest BCUT2D eigenvalue weighted by molar-refractivity contribution is 5.97. The van der Waals surface area contributed by atoms with Crippen molar-refractivity contribution in [1.82, 2.24) is 0 Å². The smallest absolute Gasteiger partial charge is 0.188 e. The summed E-state index contributed by atoms with van der Waals surface area (Å²) in [6, 6.07) is 7.52. The number of Topliss-reactive ketones (excluding diaryl/α,β-unsaturated/α-hetero) is 1. The summed E-state index contributed by atoms with van der Waals surface area (Å²) in [5.74, 6) is 0.0295. The Morgan fingerprint density at radius 3 is 2.60 bits per heavy atom. The monoisotopic (exact) mass is 206 g/mol. The summed E-state index contributed by atoms with van der Waals surface area (Å²) < 4.78 is 10.3. The Hall–Kier alpha value is -1.19. The molecule has 1 saturated heterocycles. The fraction of sp³-hybridized carbons (Fsp3) is 0.417. The van der Waals surface area contributed by atoms with Crippen LogP contribution in [0.5, 0.6) is 0 Å². The fourth-order valence-corrected chi connectivity index (χ4v) is 1.33. The highest BCUT2D eigenvalue weighted by atomic mass is 16.6. The summed E-state index contributed by atoms with van der Waals surface area (Å²) in [5, 5.41) is 0. The molecule has 80 valence electrons. The van der Waals surface area contributed by atoms with Crippen LogP contribution in [0.15, 0.2) is 24.3 Å². The third-order valence-electron chi connectivity index (χ3n) is 2.43. The summed E-state index contributed by atoms with van der Waals surface area (Å²) in [6.45, 7) is 3.37. The van der Waals surface area contributed by atoms with Crippen LogP contribution in [-0.2, 0) is 9.47 Å². The molecule has 15 heavy (non-hydrogen) atoms. The van der Waals surface area contributed by atoms with Gasteiger partial charge in [0.2, 0.25) is 0 Å². The zero-order valence-electron chi connectivity index (χ0n) is 8.73. The molecule has 0 N–H and O–H groups in total. The highest BCUT2D eigenvalue weighted by Crippen LogP contribution is 2.08. The lowest BCUT2D eigenvalue weighted by Crippen LogP contribution is -2.37. The number of carbonyl (C=O) groups is 1. The van der Waals surface area contributed by atoms with Gasteiger partial charge in [0.25, 0.3) is 0 Å². The SMILES string of the molecule is Cc1ccc(C(=O)COC2COC2)cc1. The van der Waals surface area contributed by atoms with E-state index < -0.39 is 0 Å². The van der Waals surface area contributed by atoms with Gasteiger partial charge in [-0.25, -0.2) is 0 Å². The number of hydrogen-bond donors (Lipinski definition) is 0. The van der Waals surface area contributed by atoms with E-state index in [0.29, 0.717) is 18.8 Å². The van der Waals surface area contributed by atoms with Crippen molar-refractivity contribution in [3.8, 4) is 0 Å². The first-order valence-corrected chi connectivity index (χ1v) is 5.05. The summed E-state index contributed by atoms with van der Waals surface area (Å²) in [5.41, 5.74) is 1.86. The maximum Gasteiger partial charge on any atom is 0.188 e. The van der Waals surface area contributed by atoms with Crippen molar-refractivity contribution in [1.29, 1.82) is 0 Å². The van der Waals surface area contributed by atoms with Crippen molar-refractivity contribution in [2.45, 2.75) is 13.0 Å². The molecular weight excluding hydrogens is 192 g/mol. The third kappa shape index (κ3) is 2.64. The van der Waals surface area contributed by atoms with Gasteiger partial charge in [0, 0.05) is 5.56 Å². The minimum Gasteiger partial charge on any atom is -0.376 e. The lowest BCUT2D eigenvalue weighted by molar-refractivity contribution is -0.123. The molecule has 1 aliphatic rings. The predicted molar refractivity (Wildman–Crippen MR) is 56.1 cm³/mol. The zero-order chi connectivity index (χ0) is 10.7. The molecular formula is C12H14O3. The quantitative estimate of drug-likeness (QED) is 0.702. The highest BCUT2D eigenvalue weighted by Gasteiger charge is 2.20. The van der Waals surface area contributed by atoms with Crippen LogP contribution in [0.25, 0.3) is 0 Å². The standard InChI is InChI=1S/C12H14O3/c1-9-2-4-10(5-3-9)12(13)8-15-11-6-14-7-11/h2-5,11H,6-8H2,1H3. The van der Waals surface area contributed by atoms with E-state index in [1.165, 1.54) is 0 Å². The largest absolute Gasteiger partial charge is 0.376 e. The van der Waals surface area contributed by atoms with Crippen molar-refractivity contribution in [2.75, 3.05) is 19.8 Å². The van der Waals surface area contributed by atoms with Crippen LogP contribution in [0.2, 0.25) is 0 Å². The second-order valence-corrected chi connectivity index (χ2v) is 3.76. The van der Waals surface area contributed by atoms with E-state index in [1.54, 1.807) is 0 Å². The Bertz CT molecular complexity index is 338. The molecule has 1 aromatic carbocycles. The van der Waals surface area contributed by atoms with Crippen LogP contribution in [-0.4, -0.2) is 31.7 Å². The van der Waals surface area contributed by atoms with Crippen LogP contribution in [0.4, 0.5) is 0 Å². The van der Waals surface area contributed by atoms with E-state index in [1.807, 2.05) is 31.2 Å². The lowest BCUT2D eigenvalue weighted by Gasteiger charge is -2.25. The molecule has 0 aromatic heterocycles. The van der Waals surface area contributed by atoms with Gasteiger partial charge in [-0.1, -0.05) is 29.8 Å². The van der Waals surface area contributed by atoms with Crippen LogP contribution in [0.1, 0.15) is 15.9 Å². The van der Waals surface area contributed by atoms with Gasteiger partial charge in [0.15, 0.2) is 5.78 Å². The summed E-state index contributed by atoms with van der Waals surface area (Å²) in [4.78, 5) is 11.6. The molecule has 0 saturated carbocycles. The Balaban J connectivity index is 1.86. The van der Waals surface area contributed by atoms with Crippen molar-refractivity contribution >= 4 is 5.78 Å². The fourth-order valence-electron chi connectivity index (χ4n) is 1.33. The van der Waals surface area contributed by atoms with E-state index in [4.69, 9.17) is 9.47 Å². The van der Waals surface area contributed by atoms with Crippen LogP contribution >= 0.6 is 0 Å². The molecule has 1 aliphatic heterocycles. The molecule has 3 heteroatoms. The van der Waals surface area contributed by atoms with Crippen molar-refractivity contribution in [3.05, 3.63) is 35.4 Å². The molecule has 2 rings (SSSR count). The normalized spacial score (nSPS) is 16.1. The van der Waals surface area contributed by atoms with E-state index in [0.717, 1.165) is 5.56 Å². The third-order valence-corrected chi connectivity index (χ3v) is 2.43. The molecule has 0 unspecified atom stereocenters. The van der Waals surface area contributed by atoms with Gasteiger partial charge in [-0.05, 0) is 6.92 Å². The Labute approximate surface area is 89.0 Å². The van der Waals surface area contributed by atoms with E-state index in [-0.39, 0.29) is 18.5 Å². The second kappa shape index (κ2) is 4.55. The number of aryl methyl sites for hydroxylation is 1. The first-order valence-electron chi connectivity index (χ1n) is 5.05. The Kier molecular flexibility index (Phi) is 3.14. The van der Waals surface area contributed by atoms with Crippen molar-refractivity contribution < 1.29 is 14.3 Å². The second-order valence-electron chi connectivity index (χ2n) is 3.76. The van der Waals surface area contributed by atoms with Gasteiger partial charge in [-0.3, -0.25) is 4.79 Å².